The van der Waals surface area contributed by atoms with E-state index in [2.05, 4.69) is 26.2 Å². The molecule has 2 heterocycles. The van der Waals surface area contributed by atoms with Crippen molar-refractivity contribution >= 4 is 27.8 Å². The van der Waals surface area contributed by atoms with Gasteiger partial charge in [0, 0.05) is 11.0 Å². The van der Waals surface area contributed by atoms with Gasteiger partial charge < -0.3 is 9.64 Å². The number of aromatic nitrogens is 1. The second kappa shape index (κ2) is 5.69. The second-order valence-corrected chi connectivity index (χ2v) is 6.37. The van der Waals surface area contributed by atoms with Gasteiger partial charge in [-0.25, -0.2) is 9.78 Å². The van der Waals surface area contributed by atoms with Crippen LogP contribution in [0.3, 0.4) is 0 Å². The highest BCUT2D eigenvalue weighted by Crippen LogP contribution is 2.25. The van der Waals surface area contributed by atoms with Gasteiger partial charge in [-0.3, -0.25) is 5.32 Å². The molecule has 1 aromatic rings. The van der Waals surface area contributed by atoms with Crippen molar-refractivity contribution in [3.05, 3.63) is 22.3 Å². The van der Waals surface area contributed by atoms with Crippen LogP contribution in [0.25, 0.3) is 0 Å². The number of aryl methyl sites for hydroxylation is 1. The standard InChI is InChI=1S/C14H20BrN3O2/c1-9-11(15)5-6-12(16-9)17-13(19)18-7-8-20-14(3,4)10(18)2/h5-6,10H,7-8H2,1-4H3,(H,16,17,19). The van der Waals surface area contributed by atoms with Crippen LogP contribution in [0.2, 0.25) is 0 Å². The number of morpholine rings is 1. The molecule has 0 aromatic carbocycles. The van der Waals surface area contributed by atoms with Crippen LogP contribution in [0.5, 0.6) is 0 Å². The van der Waals surface area contributed by atoms with Crippen molar-refractivity contribution < 1.29 is 9.53 Å². The number of carbonyl (C=O) groups excluding carboxylic acids is 1. The number of hydrogen-bond donors (Lipinski definition) is 1. The average molecular weight is 342 g/mol. The average Bonchev–Trinajstić information content (AvgIpc) is 2.37. The Bertz CT molecular complexity index is 519. The van der Waals surface area contributed by atoms with Gasteiger partial charge in [0.15, 0.2) is 0 Å². The van der Waals surface area contributed by atoms with Gasteiger partial charge in [-0.15, -0.1) is 0 Å². The summed E-state index contributed by atoms with van der Waals surface area (Å²) < 4.78 is 6.63. The molecule has 0 aliphatic carbocycles. The summed E-state index contributed by atoms with van der Waals surface area (Å²) in [6.45, 7) is 9.03. The van der Waals surface area contributed by atoms with Crippen molar-refractivity contribution in [1.82, 2.24) is 9.88 Å². The fourth-order valence-corrected chi connectivity index (χ4v) is 2.39. The third-order valence-electron chi connectivity index (χ3n) is 3.80. The van der Waals surface area contributed by atoms with Crippen LogP contribution < -0.4 is 5.32 Å². The molecule has 1 aliphatic rings. The fraction of sp³-hybridized carbons (Fsp3) is 0.571. The number of ether oxygens (including phenoxy) is 1. The van der Waals surface area contributed by atoms with Gasteiger partial charge in [-0.2, -0.15) is 0 Å². The molecule has 0 radical (unpaired) electrons. The number of amides is 2. The molecule has 1 unspecified atom stereocenters. The first-order valence-corrected chi connectivity index (χ1v) is 7.45. The largest absolute Gasteiger partial charge is 0.372 e. The van der Waals surface area contributed by atoms with Crippen LogP contribution in [0.15, 0.2) is 16.6 Å². The lowest BCUT2D eigenvalue weighted by Crippen LogP contribution is -2.58. The van der Waals surface area contributed by atoms with E-state index in [0.717, 1.165) is 10.2 Å². The number of carbonyl (C=O) groups is 1. The first-order valence-electron chi connectivity index (χ1n) is 6.66. The lowest BCUT2D eigenvalue weighted by atomic mass is 9.97. The summed E-state index contributed by atoms with van der Waals surface area (Å²) in [4.78, 5) is 18.5. The van der Waals surface area contributed by atoms with Crippen molar-refractivity contribution in [2.45, 2.75) is 39.3 Å². The van der Waals surface area contributed by atoms with Crippen LogP contribution in [0.1, 0.15) is 26.5 Å². The first kappa shape index (κ1) is 15.3. The van der Waals surface area contributed by atoms with Gasteiger partial charge in [-0.1, -0.05) is 0 Å². The van der Waals surface area contributed by atoms with Crippen LogP contribution in [0, 0.1) is 6.92 Å². The van der Waals surface area contributed by atoms with E-state index in [-0.39, 0.29) is 17.7 Å². The Kier molecular flexibility index (Phi) is 4.34. The Morgan fingerprint density at radius 2 is 2.25 bits per heavy atom. The Labute approximate surface area is 127 Å². The molecule has 1 N–H and O–H groups in total. The summed E-state index contributed by atoms with van der Waals surface area (Å²) >= 11 is 3.39. The van der Waals surface area contributed by atoms with E-state index in [0.29, 0.717) is 19.0 Å². The summed E-state index contributed by atoms with van der Waals surface area (Å²) in [6.07, 6.45) is 0. The van der Waals surface area contributed by atoms with Gasteiger partial charge in [-0.05, 0) is 55.8 Å². The van der Waals surface area contributed by atoms with Crippen LogP contribution >= 0.6 is 15.9 Å². The zero-order chi connectivity index (χ0) is 14.9. The smallest absolute Gasteiger partial charge is 0.323 e. The normalized spacial score (nSPS) is 21.6. The number of halogens is 1. The minimum absolute atomic E-state index is 0.00722. The third-order valence-corrected chi connectivity index (χ3v) is 4.64. The fourth-order valence-electron chi connectivity index (χ4n) is 2.17. The lowest BCUT2D eigenvalue weighted by Gasteiger charge is -2.44. The highest BCUT2D eigenvalue weighted by atomic mass is 79.9. The van der Waals surface area contributed by atoms with E-state index < -0.39 is 0 Å². The molecule has 2 rings (SSSR count). The Morgan fingerprint density at radius 3 is 2.90 bits per heavy atom. The Morgan fingerprint density at radius 1 is 1.55 bits per heavy atom. The molecule has 1 saturated heterocycles. The van der Waals surface area contributed by atoms with E-state index in [1.54, 1.807) is 11.0 Å². The Balaban J connectivity index is 2.09. The summed E-state index contributed by atoms with van der Waals surface area (Å²) in [5.41, 5.74) is 0.511. The van der Waals surface area contributed by atoms with Crippen molar-refractivity contribution in [3.63, 3.8) is 0 Å². The number of anilines is 1. The maximum Gasteiger partial charge on any atom is 0.323 e. The highest BCUT2D eigenvalue weighted by molar-refractivity contribution is 9.10. The maximum atomic E-state index is 12.4. The quantitative estimate of drug-likeness (QED) is 0.853. The molecule has 2 amide bonds. The molecule has 1 fully saturated rings. The van der Waals surface area contributed by atoms with Crippen LogP contribution in [-0.2, 0) is 4.74 Å². The van der Waals surface area contributed by atoms with Crippen molar-refractivity contribution in [3.8, 4) is 0 Å². The van der Waals surface area contributed by atoms with E-state index in [4.69, 9.17) is 4.74 Å². The maximum absolute atomic E-state index is 12.4. The number of hydrogen-bond acceptors (Lipinski definition) is 3. The summed E-state index contributed by atoms with van der Waals surface area (Å²) in [5.74, 6) is 0.562. The molecule has 20 heavy (non-hydrogen) atoms. The Hall–Kier alpha value is -1.14. The molecule has 5 nitrogen and oxygen atoms in total. The first-order chi connectivity index (χ1) is 9.31. The van der Waals surface area contributed by atoms with E-state index >= 15 is 0 Å². The predicted octanol–water partition coefficient (Wildman–Crippen LogP) is 3.18. The van der Waals surface area contributed by atoms with E-state index in [1.165, 1.54) is 0 Å². The predicted molar refractivity (Wildman–Crippen MR) is 81.9 cm³/mol. The summed E-state index contributed by atoms with van der Waals surface area (Å²) in [6, 6.07) is 3.53. The zero-order valence-corrected chi connectivity index (χ0v) is 13.8. The van der Waals surface area contributed by atoms with Gasteiger partial charge in [0.25, 0.3) is 0 Å². The van der Waals surface area contributed by atoms with Gasteiger partial charge in [0.05, 0.1) is 23.9 Å². The summed E-state index contributed by atoms with van der Waals surface area (Å²) in [5, 5.41) is 2.85. The molecule has 1 atom stereocenters. The molecular formula is C14H20BrN3O2. The minimum atomic E-state index is -0.335. The molecule has 1 aliphatic heterocycles. The molecular weight excluding hydrogens is 322 g/mol. The second-order valence-electron chi connectivity index (χ2n) is 5.52. The molecule has 110 valence electrons. The lowest BCUT2D eigenvalue weighted by molar-refractivity contribution is -0.105. The monoisotopic (exact) mass is 341 g/mol. The minimum Gasteiger partial charge on any atom is -0.372 e. The number of rotatable bonds is 1. The van der Waals surface area contributed by atoms with Crippen molar-refractivity contribution in [1.29, 1.82) is 0 Å². The van der Waals surface area contributed by atoms with Crippen molar-refractivity contribution in [2.75, 3.05) is 18.5 Å². The highest BCUT2D eigenvalue weighted by Gasteiger charge is 2.37. The number of urea groups is 1. The number of nitrogens with zero attached hydrogens (tertiary/aromatic N) is 2. The molecule has 0 saturated carbocycles. The molecule has 0 spiro atoms. The zero-order valence-electron chi connectivity index (χ0n) is 12.2. The van der Waals surface area contributed by atoms with Gasteiger partial charge >= 0.3 is 6.03 Å². The number of pyridine rings is 1. The van der Waals surface area contributed by atoms with E-state index in [1.807, 2.05) is 33.8 Å². The molecule has 0 bridgehead atoms. The van der Waals surface area contributed by atoms with Gasteiger partial charge in [0.2, 0.25) is 0 Å². The third kappa shape index (κ3) is 3.12. The number of nitrogens with one attached hydrogen (secondary N) is 1. The summed E-state index contributed by atoms with van der Waals surface area (Å²) in [7, 11) is 0. The van der Waals surface area contributed by atoms with Crippen LogP contribution in [-0.4, -0.2) is 40.7 Å². The van der Waals surface area contributed by atoms with Crippen LogP contribution in [0.4, 0.5) is 10.6 Å². The van der Waals surface area contributed by atoms with E-state index in [9.17, 15) is 4.79 Å². The molecule has 1 aromatic heterocycles. The topological polar surface area (TPSA) is 54.5 Å². The van der Waals surface area contributed by atoms with Crippen molar-refractivity contribution in [2.24, 2.45) is 0 Å². The molecule has 6 heteroatoms. The SMILES string of the molecule is Cc1nc(NC(=O)N2CCOC(C)(C)C2C)ccc1Br. The van der Waals surface area contributed by atoms with Gasteiger partial charge in [0.1, 0.15) is 5.82 Å².